The van der Waals surface area contributed by atoms with E-state index in [-0.39, 0.29) is 18.0 Å². The summed E-state index contributed by atoms with van der Waals surface area (Å²) < 4.78 is 6.27. The molecule has 130 valence electrons. The number of nitrogens with one attached hydrogen (secondary N) is 1. The van der Waals surface area contributed by atoms with Crippen LogP contribution in [-0.4, -0.2) is 20.6 Å². The molecule has 4 rings (SSSR count). The molecule has 1 amide bonds. The molecule has 3 aromatic rings. The lowest BCUT2D eigenvalue weighted by Crippen LogP contribution is -2.28. The van der Waals surface area contributed by atoms with E-state index in [2.05, 4.69) is 22.4 Å². The van der Waals surface area contributed by atoms with Crippen LogP contribution in [0.25, 0.3) is 10.2 Å². The molecule has 0 aliphatic heterocycles. The van der Waals surface area contributed by atoms with Crippen molar-refractivity contribution < 1.29 is 9.32 Å². The van der Waals surface area contributed by atoms with Crippen molar-refractivity contribution >= 4 is 33.3 Å². The van der Waals surface area contributed by atoms with Crippen molar-refractivity contribution in [2.75, 3.05) is 5.32 Å². The lowest BCUT2D eigenvalue weighted by Gasteiger charge is -2.17. The fraction of sp³-hybridized carbons (Fsp3) is 0.412. The van der Waals surface area contributed by atoms with Crippen molar-refractivity contribution in [3.05, 3.63) is 38.9 Å². The SMILES string of the molecule is Cc1cc(NC(=O)Cn2cnc3sc4c(c3c2=O)CC[C@H](C)C4)no1. The summed E-state index contributed by atoms with van der Waals surface area (Å²) in [5.41, 5.74) is 0.973. The number of rotatable bonds is 3. The van der Waals surface area contributed by atoms with Gasteiger partial charge >= 0.3 is 0 Å². The van der Waals surface area contributed by atoms with Gasteiger partial charge in [0.05, 0.1) is 11.7 Å². The van der Waals surface area contributed by atoms with Crippen LogP contribution in [0.4, 0.5) is 5.82 Å². The van der Waals surface area contributed by atoms with Crippen molar-refractivity contribution in [1.82, 2.24) is 14.7 Å². The van der Waals surface area contributed by atoms with Crippen LogP contribution in [0, 0.1) is 12.8 Å². The van der Waals surface area contributed by atoms with E-state index in [1.165, 1.54) is 15.8 Å². The Labute approximate surface area is 147 Å². The van der Waals surface area contributed by atoms with Gasteiger partial charge in [0.15, 0.2) is 5.82 Å². The van der Waals surface area contributed by atoms with Crippen LogP contribution < -0.4 is 10.9 Å². The Bertz CT molecular complexity index is 1020. The van der Waals surface area contributed by atoms with Crippen LogP contribution in [0.2, 0.25) is 0 Å². The molecule has 0 aromatic carbocycles. The van der Waals surface area contributed by atoms with Gasteiger partial charge in [0, 0.05) is 10.9 Å². The Morgan fingerprint density at radius 2 is 2.36 bits per heavy atom. The van der Waals surface area contributed by atoms with E-state index >= 15 is 0 Å². The van der Waals surface area contributed by atoms with Crippen LogP contribution in [0.5, 0.6) is 0 Å². The highest BCUT2D eigenvalue weighted by molar-refractivity contribution is 7.18. The first-order chi connectivity index (χ1) is 12.0. The van der Waals surface area contributed by atoms with E-state index in [0.717, 1.165) is 29.7 Å². The minimum absolute atomic E-state index is 0.102. The molecule has 0 saturated heterocycles. The number of nitrogens with zero attached hydrogens (tertiary/aromatic N) is 3. The molecule has 3 aromatic heterocycles. The van der Waals surface area contributed by atoms with E-state index in [1.807, 2.05) is 0 Å². The number of amides is 1. The summed E-state index contributed by atoms with van der Waals surface area (Å²) in [6, 6.07) is 1.62. The summed E-state index contributed by atoms with van der Waals surface area (Å²) in [6.45, 7) is 3.87. The first-order valence-corrected chi connectivity index (χ1v) is 9.05. The average molecular weight is 358 g/mol. The Morgan fingerprint density at radius 3 is 3.12 bits per heavy atom. The average Bonchev–Trinajstić information content (AvgIpc) is 3.13. The molecule has 3 heterocycles. The van der Waals surface area contributed by atoms with Crippen molar-refractivity contribution in [1.29, 1.82) is 0 Å². The highest BCUT2D eigenvalue weighted by atomic mass is 32.1. The summed E-state index contributed by atoms with van der Waals surface area (Å²) in [5.74, 6) is 1.25. The van der Waals surface area contributed by atoms with Crippen molar-refractivity contribution in [3.8, 4) is 0 Å². The molecule has 0 unspecified atom stereocenters. The molecule has 7 nitrogen and oxygen atoms in total. The van der Waals surface area contributed by atoms with Gasteiger partial charge in [-0.05, 0) is 37.7 Å². The van der Waals surface area contributed by atoms with E-state index in [1.54, 1.807) is 24.3 Å². The molecule has 1 atom stereocenters. The van der Waals surface area contributed by atoms with E-state index in [4.69, 9.17) is 4.52 Å². The third kappa shape index (κ3) is 2.97. The minimum atomic E-state index is -0.339. The van der Waals surface area contributed by atoms with Crippen molar-refractivity contribution in [3.63, 3.8) is 0 Å². The second-order valence-corrected chi connectivity index (χ2v) is 7.66. The van der Waals surface area contributed by atoms with Crippen LogP contribution in [-0.2, 0) is 24.2 Å². The second kappa shape index (κ2) is 6.11. The van der Waals surface area contributed by atoms with E-state index < -0.39 is 0 Å². The third-order valence-electron chi connectivity index (χ3n) is 4.49. The topological polar surface area (TPSA) is 90.0 Å². The van der Waals surface area contributed by atoms with Gasteiger partial charge in [0.2, 0.25) is 5.91 Å². The Hall–Kier alpha value is -2.48. The number of anilines is 1. The van der Waals surface area contributed by atoms with E-state index in [0.29, 0.717) is 22.9 Å². The Morgan fingerprint density at radius 1 is 1.52 bits per heavy atom. The maximum absolute atomic E-state index is 12.9. The van der Waals surface area contributed by atoms with Gasteiger partial charge in [-0.2, -0.15) is 0 Å². The molecule has 0 radical (unpaired) electrons. The first kappa shape index (κ1) is 16.0. The molecule has 0 fully saturated rings. The summed E-state index contributed by atoms with van der Waals surface area (Å²) in [7, 11) is 0. The predicted molar refractivity (Wildman–Crippen MR) is 94.9 cm³/mol. The molecule has 8 heteroatoms. The maximum Gasteiger partial charge on any atom is 0.262 e. The standard InChI is InChI=1S/C17H18N4O3S/c1-9-3-4-11-12(5-9)25-16-15(11)17(23)21(8-18-16)7-14(22)19-13-6-10(2)24-20-13/h6,8-9H,3-5,7H2,1-2H3,(H,19,20,22)/t9-/m0/s1. The van der Waals surface area contributed by atoms with Crippen molar-refractivity contribution in [2.45, 2.75) is 39.7 Å². The zero-order valence-electron chi connectivity index (χ0n) is 14.0. The number of fused-ring (bicyclic) bond motifs is 3. The fourth-order valence-corrected chi connectivity index (χ4v) is 4.58. The minimum Gasteiger partial charge on any atom is -0.360 e. The lowest BCUT2D eigenvalue weighted by molar-refractivity contribution is -0.116. The molecule has 0 bridgehead atoms. The highest BCUT2D eigenvalue weighted by Crippen LogP contribution is 2.35. The van der Waals surface area contributed by atoms with E-state index in [9.17, 15) is 9.59 Å². The smallest absolute Gasteiger partial charge is 0.262 e. The Kier molecular flexibility index (Phi) is 3.91. The van der Waals surface area contributed by atoms with Crippen LogP contribution >= 0.6 is 11.3 Å². The number of aryl methyl sites for hydroxylation is 2. The van der Waals surface area contributed by atoms with Gasteiger partial charge in [-0.15, -0.1) is 11.3 Å². The van der Waals surface area contributed by atoms with Gasteiger partial charge in [-0.3, -0.25) is 14.2 Å². The summed E-state index contributed by atoms with van der Waals surface area (Å²) in [5, 5.41) is 7.02. The van der Waals surface area contributed by atoms with Crippen LogP contribution in [0.3, 0.4) is 0 Å². The monoisotopic (exact) mass is 358 g/mol. The first-order valence-electron chi connectivity index (χ1n) is 8.24. The molecular formula is C17H18N4O3S. The number of carbonyl (C=O) groups excluding carboxylic acids is 1. The number of carbonyl (C=O) groups is 1. The van der Waals surface area contributed by atoms with Gasteiger partial charge in [0.25, 0.3) is 5.56 Å². The molecule has 25 heavy (non-hydrogen) atoms. The fourth-order valence-electron chi connectivity index (χ4n) is 3.24. The number of hydrogen-bond donors (Lipinski definition) is 1. The number of hydrogen-bond acceptors (Lipinski definition) is 6. The van der Waals surface area contributed by atoms with Crippen molar-refractivity contribution in [2.24, 2.45) is 5.92 Å². The zero-order valence-corrected chi connectivity index (χ0v) is 14.9. The van der Waals surface area contributed by atoms with Gasteiger partial charge in [0.1, 0.15) is 17.1 Å². The summed E-state index contributed by atoms with van der Waals surface area (Å²) >= 11 is 1.60. The van der Waals surface area contributed by atoms with Gasteiger partial charge < -0.3 is 9.84 Å². The lowest BCUT2D eigenvalue weighted by atomic mass is 9.89. The summed E-state index contributed by atoms with van der Waals surface area (Å²) in [6.07, 6.45) is 4.44. The number of aromatic nitrogens is 3. The Balaban J connectivity index is 1.63. The molecule has 0 spiro atoms. The van der Waals surface area contributed by atoms with Gasteiger partial charge in [-0.1, -0.05) is 12.1 Å². The molecule has 1 N–H and O–H groups in total. The summed E-state index contributed by atoms with van der Waals surface area (Å²) in [4.78, 5) is 31.5. The normalized spacial score (nSPS) is 16.8. The molecular weight excluding hydrogens is 340 g/mol. The second-order valence-electron chi connectivity index (χ2n) is 6.58. The van der Waals surface area contributed by atoms with Gasteiger partial charge in [-0.25, -0.2) is 4.98 Å². The zero-order chi connectivity index (χ0) is 17.6. The third-order valence-corrected chi connectivity index (χ3v) is 5.65. The van der Waals surface area contributed by atoms with Crippen LogP contribution in [0.1, 0.15) is 29.5 Å². The molecule has 0 saturated carbocycles. The largest absolute Gasteiger partial charge is 0.360 e. The maximum atomic E-state index is 12.9. The highest BCUT2D eigenvalue weighted by Gasteiger charge is 2.23. The predicted octanol–water partition coefficient (Wildman–Crippen LogP) is 2.52. The molecule has 1 aliphatic carbocycles. The quantitative estimate of drug-likeness (QED) is 0.777. The van der Waals surface area contributed by atoms with Crippen LogP contribution in [0.15, 0.2) is 21.7 Å². The molecule has 1 aliphatic rings. The number of thiophene rings is 1.